The quantitative estimate of drug-likeness (QED) is 0.860. The number of piperidine rings is 1. The van der Waals surface area contributed by atoms with Gasteiger partial charge in [-0.3, -0.25) is 4.90 Å². The van der Waals surface area contributed by atoms with Gasteiger partial charge in [-0.1, -0.05) is 34.1 Å². The number of rotatable bonds is 3. The summed E-state index contributed by atoms with van der Waals surface area (Å²) in [4.78, 5) is 2.09. The van der Waals surface area contributed by atoms with Crippen LogP contribution >= 0.6 is 15.9 Å². The molecule has 122 valence electrons. The highest BCUT2D eigenvalue weighted by molar-refractivity contribution is 9.10. The molecule has 0 radical (unpaired) electrons. The lowest BCUT2D eigenvalue weighted by molar-refractivity contribution is -0.0279. The summed E-state index contributed by atoms with van der Waals surface area (Å²) in [6.45, 7) is 1.77. The summed E-state index contributed by atoms with van der Waals surface area (Å²) < 4.78 is 27.7. The van der Waals surface area contributed by atoms with Crippen LogP contribution in [0.2, 0.25) is 0 Å². The number of benzene rings is 2. The third-order valence-corrected chi connectivity index (χ3v) is 5.00. The molecule has 1 aliphatic heterocycles. The zero-order valence-electron chi connectivity index (χ0n) is 12.6. The van der Waals surface area contributed by atoms with Gasteiger partial charge >= 0.3 is 0 Å². The van der Waals surface area contributed by atoms with Gasteiger partial charge in [-0.2, -0.15) is 0 Å². The predicted molar refractivity (Wildman–Crippen MR) is 88.9 cm³/mol. The van der Waals surface area contributed by atoms with E-state index in [4.69, 9.17) is 0 Å². The molecule has 5 heteroatoms. The Labute approximate surface area is 142 Å². The van der Waals surface area contributed by atoms with E-state index in [0.717, 1.165) is 16.1 Å². The highest BCUT2D eigenvalue weighted by atomic mass is 79.9. The molecule has 0 bridgehead atoms. The zero-order valence-corrected chi connectivity index (χ0v) is 14.2. The van der Waals surface area contributed by atoms with Crippen LogP contribution in [0.4, 0.5) is 8.78 Å². The zero-order chi connectivity index (χ0) is 16.4. The van der Waals surface area contributed by atoms with Gasteiger partial charge in [-0.05, 0) is 36.6 Å². The van der Waals surface area contributed by atoms with E-state index in [2.05, 4.69) is 20.8 Å². The lowest BCUT2D eigenvalue weighted by Gasteiger charge is -2.38. The van der Waals surface area contributed by atoms with Crippen molar-refractivity contribution in [3.63, 3.8) is 0 Å². The van der Waals surface area contributed by atoms with E-state index in [1.165, 1.54) is 12.1 Å². The molecule has 0 spiro atoms. The van der Waals surface area contributed by atoms with Gasteiger partial charge < -0.3 is 5.11 Å². The fourth-order valence-corrected chi connectivity index (χ4v) is 3.29. The molecule has 1 fully saturated rings. The Morgan fingerprint density at radius 1 is 1.04 bits per heavy atom. The van der Waals surface area contributed by atoms with Crippen LogP contribution in [0.25, 0.3) is 0 Å². The van der Waals surface area contributed by atoms with Gasteiger partial charge in [0.25, 0.3) is 0 Å². The van der Waals surface area contributed by atoms with Crippen LogP contribution in [-0.2, 0) is 12.1 Å². The van der Waals surface area contributed by atoms with Crippen molar-refractivity contribution in [3.8, 4) is 0 Å². The molecule has 1 aliphatic rings. The first kappa shape index (κ1) is 16.6. The maximum Gasteiger partial charge on any atom is 0.130 e. The average molecular weight is 382 g/mol. The minimum Gasteiger partial charge on any atom is -0.385 e. The summed E-state index contributed by atoms with van der Waals surface area (Å²) in [6, 6.07) is 11.4. The number of hydrogen-bond acceptors (Lipinski definition) is 2. The molecule has 0 atom stereocenters. The second-order valence-corrected chi connectivity index (χ2v) is 6.97. The van der Waals surface area contributed by atoms with Crippen molar-refractivity contribution in [2.45, 2.75) is 25.0 Å². The van der Waals surface area contributed by atoms with E-state index < -0.39 is 17.2 Å². The maximum absolute atomic E-state index is 13.7. The van der Waals surface area contributed by atoms with Gasteiger partial charge in [0, 0.05) is 35.7 Å². The molecule has 1 N–H and O–H groups in total. The van der Waals surface area contributed by atoms with E-state index >= 15 is 0 Å². The number of aliphatic hydroxyl groups is 1. The SMILES string of the molecule is OC1(c2ccc(Br)cc2)CCN(Cc2ccc(F)cc2F)CC1. The van der Waals surface area contributed by atoms with Crippen molar-refractivity contribution in [1.29, 1.82) is 0 Å². The van der Waals surface area contributed by atoms with Crippen molar-refractivity contribution >= 4 is 15.9 Å². The molecule has 2 aromatic carbocycles. The summed E-state index contributed by atoms with van der Waals surface area (Å²) in [5, 5.41) is 10.8. The van der Waals surface area contributed by atoms with Crippen molar-refractivity contribution in [2.75, 3.05) is 13.1 Å². The van der Waals surface area contributed by atoms with Crippen molar-refractivity contribution in [3.05, 3.63) is 69.7 Å². The molecular formula is C18H18BrF2NO. The van der Waals surface area contributed by atoms with E-state index in [9.17, 15) is 13.9 Å². The molecule has 0 amide bonds. The molecule has 3 rings (SSSR count). The standard InChI is InChI=1S/C18H18BrF2NO/c19-15-4-2-14(3-5-15)18(23)7-9-22(10-8-18)12-13-1-6-16(20)11-17(13)21/h1-6,11,23H,7-10,12H2. The Hall–Kier alpha value is -1.30. The Balaban J connectivity index is 1.65. The average Bonchev–Trinajstić information content (AvgIpc) is 2.53. The van der Waals surface area contributed by atoms with Gasteiger partial charge in [-0.15, -0.1) is 0 Å². The largest absolute Gasteiger partial charge is 0.385 e. The second kappa shape index (κ2) is 6.67. The van der Waals surface area contributed by atoms with E-state index in [0.29, 0.717) is 38.0 Å². The van der Waals surface area contributed by atoms with Crippen molar-refractivity contribution < 1.29 is 13.9 Å². The predicted octanol–water partition coefficient (Wildman–Crippen LogP) is 4.21. The molecule has 2 aromatic rings. The van der Waals surface area contributed by atoms with Crippen LogP contribution in [0.15, 0.2) is 46.9 Å². The van der Waals surface area contributed by atoms with Gasteiger partial charge in [0.2, 0.25) is 0 Å². The van der Waals surface area contributed by atoms with Gasteiger partial charge in [0.1, 0.15) is 11.6 Å². The first-order chi connectivity index (χ1) is 11.0. The van der Waals surface area contributed by atoms with Crippen molar-refractivity contribution in [2.24, 2.45) is 0 Å². The first-order valence-corrected chi connectivity index (χ1v) is 8.40. The molecule has 1 saturated heterocycles. The van der Waals surface area contributed by atoms with E-state index in [-0.39, 0.29) is 0 Å². The van der Waals surface area contributed by atoms with Crippen LogP contribution in [0.5, 0.6) is 0 Å². The molecule has 0 aliphatic carbocycles. The number of nitrogens with zero attached hydrogens (tertiary/aromatic N) is 1. The lowest BCUT2D eigenvalue weighted by atomic mass is 9.84. The third-order valence-electron chi connectivity index (χ3n) is 4.47. The Bertz CT molecular complexity index is 682. The normalized spacial score (nSPS) is 18.1. The van der Waals surface area contributed by atoms with E-state index in [1.54, 1.807) is 0 Å². The van der Waals surface area contributed by atoms with Crippen LogP contribution in [0, 0.1) is 11.6 Å². The summed E-state index contributed by atoms with van der Waals surface area (Å²) in [5.41, 5.74) is 0.562. The van der Waals surface area contributed by atoms with Crippen LogP contribution < -0.4 is 0 Å². The fraction of sp³-hybridized carbons (Fsp3) is 0.333. The molecule has 23 heavy (non-hydrogen) atoms. The van der Waals surface area contributed by atoms with Crippen LogP contribution in [0.3, 0.4) is 0 Å². The smallest absolute Gasteiger partial charge is 0.130 e. The highest BCUT2D eigenvalue weighted by Gasteiger charge is 2.33. The minimum absolute atomic E-state index is 0.433. The van der Waals surface area contributed by atoms with Gasteiger partial charge in [-0.25, -0.2) is 8.78 Å². The van der Waals surface area contributed by atoms with Gasteiger partial charge in [0.05, 0.1) is 5.60 Å². The Kier molecular flexibility index (Phi) is 4.80. The molecule has 0 saturated carbocycles. The Morgan fingerprint density at radius 3 is 2.30 bits per heavy atom. The van der Waals surface area contributed by atoms with Gasteiger partial charge in [0.15, 0.2) is 0 Å². The number of likely N-dealkylation sites (tertiary alicyclic amines) is 1. The summed E-state index contributed by atoms with van der Waals surface area (Å²) in [7, 11) is 0. The molecule has 2 nitrogen and oxygen atoms in total. The highest BCUT2D eigenvalue weighted by Crippen LogP contribution is 2.34. The minimum atomic E-state index is -0.835. The summed E-state index contributed by atoms with van der Waals surface area (Å²) in [6.07, 6.45) is 1.19. The maximum atomic E-state index is 13.7. The van der Waals surface area contributed by atoms with Crippen LogP contribution in [-0.4, -0.2) is 23.1 Å². The first-order valence-electron chi connectivity index (χ1n) is 7.61. The van der Waals surface area contributed by atoms with Crippen molar-refractivity contribution in [1.82, 2.24) is 4.90 Å². The molecule has 1 heterocycles. The monoisotopic (exact) mass is 381 g/mol. The van der Waals surface area contributed by atoms with E-state index in [1.807, 2.05) is 24.3 Å². The molecule has 0 unspecified atom stereocenters. The third kappa shape index (κ3) is 3.79. The summed E-state index contributed by atoms with van der Waals surface area (Å²) in [5.74, 6) is -1.08. The molecular weight excluding hydrogens is 364 g/mol. The van der Waals surface area contributed by atoms with Crippen LogP contribution in [0.1, 0.15) is 24.0 Å². The molecule has 0 aromatic heterocycles. The number of halogens is 3. The number of hydrogen-bond donors (Lipinski definition) is 1. The topological polar surface area (TPSA) is 23.5 Å². The summed E-state index contributed by atoms with van der Waals surface area (Å²) >= 11 is 3.39. The second-order valence-electron chi connectivity index (χ2n) is 6.05. The lowest BCUT2D eigenvalue weighted by Crippen LogP contribution is -2.42. The fourth-order valence-electron chi connectivity index (χ4n) is 3.02. The Morgan fingerprint density at radius 2 is 1.70 bits per heavy atom.